The number of nitrogens with zero attached hydrogens (tertiary/aromatic N) is 1. The van der Waals surface area contributed by atoms with Crippen LogP contribution in [0.4, 0.5) is 11.4 Å². The van der Waals surface area contributed by atoms with Crippen molar-refractivity contribution in [1.29, 1.82) is 0 Å². The molecule has 0 atom stereocenters. The number of non-ortho nitro benzene ring substituents is 1. The monoisotopic (exact) mass is 350 g/mol. The normalized spacial score (nSPS) is 10.6. The summed E-state index contributed by atoms with van der Waals surface area (Å²) in [6, 6.07) is 13.5. The molecular weight excluding hydrogens is 332 g/mol. The maximum atomic E-state index is 12.4. The summed E-state index contributed by atoms with van der Waals surface area (Å²) in [7, 11) is 0. The van der Waals surface area contributed by atoms with Gasteiger partial charge in [0.1, 0.15) is 5.76 Å². The molecule has 3 aromatic rings. The first-order valence-electron chi connectivity index (χ1n) is 8.09. The van der Waals surface area contributed by atoms with Gasteiger partial charge in [0.25, 0.3) is 11.6 Å². The minimum atomic E-state index is -0.443. The van der Waals surface area contributed by atoms with Crippen LogP contribution >= 0.6 is 0 Å². The smallest absolute Gasteiger partial charge is 0.291 e. The molecule has 1 amide bonds. The number of hydrogen-bond donors (Lipinski definition) is 1. The molecule has 0 saturated carbocycles. The number of hydrogen-bond acceptors (Lipinski definition) is 4. The highest BCUT2D eigenvalue weighted by Gasteiger charge is 2.15. The van der Waals surface area contributed by atoms with Crippen LogP contribution < -0.4 is 5.32 Å². The van der Waals surface area contributed by atoms with E-state index in [1.54, 1.807) is 25.1 Å². The highest BCUT2D eigenvalue weighted by atomic mass is 16.6. The van der Waals surface area contributed by atoms with Gasteiger partial charge in [0.05, 0.1) is 4.92 Å². The zero-order chi connectivity index (χ0) is 18.8. The lowest BCUT2D eigenvalue weighted by molar-refractivity contribution is -0.384. The van der Waals surface area contributed by atoms with Gasteiger partial charge in [-0.1, -0.05) is 6.07 Å². The number of aryl methyl sites for hydroxylation is 3. The molecule has 3 rings (SSSR count). The van der Waals surface area contributed by atoms with Crippen molar-refractivity contribution in [3.63, 3.8) is 0 Å². The molecule has 0 aliphatic rings. The predicted octanol–water partition coefficient (Wildman–Crippen LogP) is 5.03. The second kappa shape index (κ2) is 6.84. The molecular formula is C20H18N2O4. The predicted molar refractivity (Wildman–Crippen MR) is 99.4 cm³/mol. The highest BCUT2D eigenvalue weighted by Crippen LogP contribution is 2.28. The number of nitrogens with one attached hydrogen (secondary N) is 1. The lowest BCUT2D eigenvalue weighted by Gasteiger charge is -2.06. The second-order valence-electron chi connectivity index (χ2n) is 6.17. The maximum Gasteiger partial charge on any atom is 0.291 e. The van der Waals surface area contributed by atoms with Crippen molar-refractivity contribution in [2.75, 3.05) is 5.32 Å². The Morgan fingerprint density at radius 1 is 0.962 bits per heavy atom. The molecule has 26 heavy (non-hydrogen) atoms. The van der Waals surface area contributed by atoms with Crippen LogP contribution in [0, 0.1) is 30.9 Å². The Morgan fingerprint density at radius 3 is 2.38 bits per heavy atom. The Labute approximate surface area is 150 Å². The number of carbonyl (C=O) groups excluding carboxylic acids is 1. The van der Waals surface area contributed by atoms with E-state index in [4.69, 9.17) is 4.42 Å². The fourth-order valence-corrected chi connectivity index (χ4v) is 2.65. The SMILES string of the molecule is Cc1ccc(NC(=O)c2ccc(-c3ccc([N+](=O)[O-])cc3C)o2)cc1C. The number of anilines is 1. The molecule has 1 aromatic heterocycles. The summed E-state index contributed by atoms with van der Waals surface area (Å²) in [5.74, 6) is 0.317. The number of nitro groups is 1. The molecule has 0 spiro atoms. The van der Waals surface area contributed by atoms with Gasteiger partial charge >= 0.3 is 0 Å². The number of rotatable bonds is 4. The van der Waals surface area contributed by atoms with Crippen LogP contribution in [0.15, 0.2) is 52.9 Å². The van der Waals surface area contributed by atoms with Gasteiger partial charge in [-0.2, -0.15) is 0 Å². The maximum absolute atomic E-state index is 12.4. The minimum Gasteiger partial charge on any atom is -0.451 e. The Hall–Kier alpha value is -3.41. The number of amides is 1. The molecule has 0 fully saturated rings. The van der Waals surface area contributed by atoms with E-state index in [0.29, 0.717) is 22.6 Å². The van der Waals surface area contributed by atoms with Crippen molar-refractivity contribution in [2.45, 2.75) is 20.8 Å². The summed E-state index contributed by atoms with van der Waals surface area (Å²) in [5, 5.41) is 13.6. The van der Waals surface area contributed by atoms with E-state index in [9.17, 15) is 14.9 Å². The van der Waals surface area contributed by atoms with Crippen molar-refractivity contribution in [1.82, 2.24) is 0 Å². The van der Waals surface area contributed by atoms with Crippen LogP contribution in [0.5, 0.6) is 0 Å². The summed E-state index contributed by atoms with van der Waals surface area (Å²) < 4.78 is 5.66. The third kappa shape index (κ3) is 3.49. The van der Waals surface area contributed by atoms with Crippen molar-refractivity contribution in [3.05, 3.63) is 81.1 Å². The van der Waals surface area contributed by atoms with E-state index in [2.05, 4.69) is 5.32 Å². The molecule has 6 nitrogen and oxygen atoms in total. The van der Waals surface area contributed by atoms with E-state index < -0.39 is 4.92 Å². The van der Waals surface area contributed by atoms with Gasteiger partial charge in [0.15, 0.2) is 5.76 Å². The number of nitro benzene ring substituents is 1. The van der Waals surface area contributed by atoms with Crippen molar-refractivity contribution in [3.8, 4) is 11.3 Å². The molecule has 6 heteroatoms. The van der Waals surface area contributed by atoms with Gasteiger partial charge in [-0.15, -0.1) is 0 Å². The van der Waals surface area contributed by atoms with Crippen LogP contribution in [-0.2, 0) is 0 Å². The Morgan fingerprint density at radius 2 is 1.73 bits per heavy atom. The first kappa shape index (κ1) is 17.4. The molecule has 1 heterocycles. The van der Waals surface area contributed by atoms with Gasteiger partial charge in [0, 0.05) is 23.4 Å². The summed E-state index contributed by atoms with van der Waals surface area (Å²) in [6.07, 6.45) is 0. The Kier molecular flexibility index (Phi) is 4.58. The third-order valence-electron chi connectivity index (χ3n) is 4.28. The van der Waals surface area contributed by atoms with Crippen molar-refractivity contribution < 1.29 is 14.1 Å². The largest absolute Gasteiger partial charge is 0.451 e. The lowest BCUT2D eigenvalue weighted by Crippen LogP contribution is -2.11. The summed E-state index contributed by atoms with van der Waals surface area (Å²) in [4.78, 5) is 22.8. The van der Waals surface area contributed by atoms with E-state index in [1.807, 2.05) is 32.0 Å². The minimum absolute atomic E-state index is 0.0190. The first-order valence-corrected chi connectivity index (χ1v) is 8.09. The molecule has 0 aliphatic heterocycles. The molecule has 0 saturated heterocycles. The van der Waals surface area contributed by atoms with Crippen LogP contribution in [0.25, 0.3) is 11.3 Å². The van der Waals surface area contributed by atoms with E-state index in [0.717, 1.165) is 11.1 Å². The van der Waals surface area contributed by atoms with Crippen molar-refractivity contribution in [2.24, 2.45) is 0 Å². The molecule has 0 unspecified atom stereocenters. The zero-order valence-corrected chi connectivity index (χ0v) is 14.7. The number of benzene rings is 2. The summed E-state index contributed by atoms with van der Waals surface area (Å²) >= 11 is 0. The zero-order valence-electron chi connectivity index (χ0n) is 14.7. The average molecular weight is 350 g/mol. The van der Waals surface area contributed by atoms with Gasteiger partial charge < -0.3 is 9.73 Å². The van der Waals surface area contributed by atoms with Crippen LogP contribution in [0.2, 0.25) is 0 Å². The van der Waals surface area contributed by atoms with Crippen LogP contribution in [0.1, 0.15) is 27.2 Å². The molecule has 132 valence electrons. The fourth-order valence-electron chi connectivity index (χ4n) is 2.65. The van der Waals surface area contributed by atoms with E-state index in [-0.39, 0.29) is 17.4 Å². The van der Waals surface area contributed by atoms with Gasteiger partial charge in [0.2, 0.25) is 0 Å². The summed E-state index contributed by atoms with van der Waals surface area (Å²) in [6.45, 7) is 5.75. The Balaban J connectivity index is 1.82. The lowest BCUT2D eigenvalue weighted by atomic mass is 10.1. The average Bonchev–Trinajstić information content (AvgIpc) is 3.08. The van der Waals surface area contributed by atoms with E-state index in [1.165, 1.54) is 12.1 Å². The van der Waals surface area contributed by atoms with Crippen LogP contribution in [-0.4, -0.2) is 10.8 Å². The molecule has 0 aliphatic carbocycles. The highest BCUT2D eigenvalue weighted by molar-refractivity contribution is 6.02. The van der Waals surface area contributed by atoms with E-state index >= 15 is 0 Å². The van der Waals surface area contributed by atoms with Gasteiger partial charge in [-0.25, -0.2) is 0 Å². The number of carbonyl (C=O) groups is 1. The van der Waals surface area contributed by atoms with Gasteiger partial charge in [-0.05, 0) is 67.8 Å². The topological polar surface area (TPSA) is 85.4 Å². The first-order chi connectivity index (χ1) is 12.3. The molecule has 0 radical (unpaired) electrons. The Bertz CT molecular complexity index is 1000. The summed E-state index contributed by atoms with van der Waals surface area (Å²) in [5.41, 5.74) is 4.37. The van der Waals surface area contributed by atoms with Crippen molar-refractivity contribution >= 4 is 17.3 Å². The number of furan rings is 1. The molecule has 2 aromatic carbocycles. The fraction of sp³-hybridized carbons (Fsp3) is 0.150. The molecule has 0 bridgehead atoms. The van der Waals surface area contributed by atoms with Crippen LogP contribution in [0.3, 0.4) is 0 Å². The standard InChI is InChI=1S/C20H18N2O4/c1-12-4-5-15(10-13(12)2)21-20(23)19-9-8-18(26-19)17-7-6-16(22(24)25)11-14(17)3/h4-11H,1-3H3,(H,21,23). The third-order valence-corrected chi connectivity index (χ3v) is 4.28. The molecule has 1 N–H and O–H groups in total. The quantitative estimate of drug-likeness (QED) is 0.528. The second-order valence-corrected chi connectivity index (χ2v) is 6.17. The van der Waals surface area contributed by atoms with Gasteiger partial charge in [-0.3, -0.25) is 14.9 Å².